The third kappa shape index (κ3) is 4.88. The SMILES string of the molecule is C=CC[C@H](C[C@@H]1OC(c2ccc(OC)cc2)O[C@H]1C=O)OCOC. The summed E-state index contributed by atoms with van der Waals surface area (Å²) in [6.45, 7) is 3.91. The first kappa shape index (κ1) is 18.6. The maximum atomic E-state index is 11.3. The summed E-state index contributed by atoms with van der Waals surface area (Å²) in [6, 6.07) is 7.37. The Kier molecular flexibility index (Phi) is 7.39. The molecule has 1 heterocycles. The molecule has 1 aliphatic heterocycles. The summed E-state index contributed by atoms with van der Waals surface area (Å²) in [6.07, 6.45) is 1.97. The van der Waals surface area contributed by atoms with Gasteiger partial charge in [-0.15, -0.1) is 6.58 Å². The standard InChI is InChI=1S/C18H24O6/c1-4-5-15(22-12-20-2)10-16-17(11-19)24-18(23-16)13-6-8-14(21-3)9-7-13/h4,6-9,11,15-18H,1,5,10,12H2,2-3H3/t15-,16+,17+,18?/m1/s1. The lowest BCUT2D eigenvalue weighted by molar-refractivity contribution is -0.119. The monoisotopic (exact) mass is 336 g/mol. The van der Waals surface area contributed by atoms with Crippen LogP contribution in [0.1, 0.15) is 24.7 Å². The molecule has 0 spiro atoms. The van der Waals surface area contributed by atoms with E-state index >= 15 is 0 Å². The Hall–Kier alpha value is -1.73. The lowest BCUT2D eigenvalue weighted by Crippen LogP contribution is -2.30. The van der Waals surface area contributed by atoms with E-state index in [1.165, 1.54) is 0 Å². The molecule has 0 saturated carbocycles. The summed E-state index contributed by atoms with van der Waals surface area (Å²) in [5.74, 6) is 0.749. The van der Waals surface area contributed by atoms with Crippen LogP contribution in [0.2, 0.25) is 0 Å². The summed E-state index contributed by atoms with van der Waals surface area (Å²) in [4.78, 5) is 11.3. The first-order valence-corrected chi connectivity index (χ1v) is 7.83. The minimum Gasteiger partial charge on any atom is -0.497 e. The van der Waals surface area contributed by atoms with Gasteiger partial charge in [0.1, 0.15) is 18.6 Å². The average molecular weight is 336 g/mol. The molecule has 0 N–H and O–H groups in total. The second kappa shape index (κ2) is 9.54. The van der Waals surface area contributed by atoms with Gasteiger partial charge in [-0.2, -0.15) is 0 Å². The molecular weight excluding hydrogens is 312 g/mol. The van der Waals surface area contributed by atoms with Crippen LogP contribution in [0.15, 0.2) is 36.9 Å². The third-order valence-corrected chi connectivity index (χ3v) is 3.81. The molecule has 1 aliphatic rings. The van der Waals surface area contributed by atoms with Crippen LogP contribution in [0.3, 0.4) is 0 Å². The number of hydrogen-bond acceptors (Lipinski definition) is 6. The van der Waals surface area contributed by atoms with Crippen molar-refractivity contribution in [3.8, 4) is 5.75 Å². The molecule has 6 heteroatoms. The zero-order valence-electron chi connectivity index (χ0n) is 14.1. The van der Waals surface area contributed by atoms with Crippen LogP contribution in [-0.4, -0.2) is 45.6 Å². The van der Waals surface area contributed by atoms with Gasteiger partial charge in [0.25, 0.3) is 0 Å². The smallest absolute Gasteiger partial charge is 0.185 e. The van der Waals surface area contributed by atoms with Crippen molar-refractivity contribution in [2.24, 2.45) is 0 Å². The van der Waals surface area contributed by atoms with E-state index in [1.807, 2.05) is 24.3 Å². The van der Waals surface area contributed by atoms with Gasteiger partial charge < -0.3 is 28.5 Å². The minimum atomic E-state index is -0.629. The fraction of sp³-hybridized carbons (Fsp3) is 0.500. The Morgan fingerprint density at radius 1 is 1.25 bits per heavy atom. The molecular formula is C18H24O6. The number of benzene rings is 1. The van der Waals surface area contributed by atoms with Gasteiger partial charge >= 0.3 is 0 Å². The van der Waals surface area contributed by atoms with Crippen molar-refractivity contribution in [2.75, 3.05) is 21.0 Å². The van der Waals surface area contributed by atoms with Gasteiger partial charge in [-0.05, 0) is 18.6 Å². The van der Waals surface area contributed by atoms with Gasteiger partial charge in [-0.1, -0.05) is 18.2 Å². The second-order valence-electron chi connectivity index (χ2n) is 5.47. The number of ether oxygens (including phenoxy) is 5. The van der Waals surface area contributed by atoms with Crippen molar-refractivity contribution in [3.05, 3.63) is 42.5 Å². The van der Waals surface area contributed by atoms with Gasteiger partial charge in [0.2, 0.25) is 0 Å². The Labute approximate surface area is 142 Å². The Morgan fingerprint density at radius 2 is 2.00 bits per heavy atom. The van der Waals surface area contributed by atoms with E-state index in [0.717, 1.165) is 17.6 Å². The van der Waals surface area contributed by atoms with Crippen LogP contribution in [0.25, 0.3) is 0 Å². The van der Waals surface area contributed by atoms with Gasteiger partial charge in [0.15, 0.2) is 12.6 Å². The highest BCUT2D eigenvalue weighted by Gasteiger charge is 2.38. The lowest BCUT2D eigenvalue weighted by atomic mass is 10.1. The number of carbonyl (C=O) groups is 1. The summed E-state index contributed by atoms with van der Waals surface area (Å²) < 4.78 is 27.3. The summed E-state index contributed by atoms with van der Waals surface area (Å²) in [5, 5.41) is 0. The normalized spacial score (nSPS) is 24.5. The molecule has 6 nitrogen and oxygen atoms in total. The van der Waals surface area contributed by atoms with Gasteiger partial charge in [-0.3, -0.25) is 0 Å². The average Bonchev–Trinajstić information content (AvgIpc) is 3.02. The van der Waals surface area contributed by atoms with E-state index in [-0.39, 0.29) is 19.0 Å². The molecule has 1 fully saturated rings. The van der Waals surface area contributed by atoms with Crippen LogP contribution in [0.4, 0.5) is 0 Å². The van der Waals surface area contributed by atoms with E-state index < -0.39 is 12.4 Å². The van der Waals surface area contributed by atoms with Gasteiger partial charge in [0, 0.05) is 19.1 Å². The molecule has 0 aromatic heterocycles. The van der Waals surface area contributed by atoms with Crippen LogP contribution >= 0.6 is 0 Å². The molecule has 4 atom stereocenters. The van der Waals surface area contributed by atoms with Crippen LogP contribution < -0.4 is 4.74 Å². The molecule has 0 radical (unpaired) electrons. The van der Waals surface area contributed by atoms with Crippen molar-refractivity contribution >= 4 is 6.29 Å². The largest absolute Gasteiger partial charge is 0.497 e. The van der Waals surface area contributed by atoms with Gasteiger partial charge in [0.05, 0.1) is 19.3 Å². The second-order valence-corrected chi connectivity index (χ2v) is 5.47. The van der Waals surface area contributed by atoms with Gasteiger partial charge in [-0.25, -0.2) is 0 Å². The molecule has 1 saturated heterocycles. The Balaban J connectivity index is 2.01. The highest BCUT2D eigenvalue weighted by molar-refractivity contribution is 5.57. The lowest BCUT2D eigenvalue weighted by Gasteiger charge is -2.20. The molecule has 24 heavy (non-hydrogen) atoms. The summed E-state index contributed by atoms with van der Waals surface area (Å²) in [5.41, 5.74) is 0.836. The van der Waals surface area contributed by atoms with Crippen molar-refractivity contribution in [3.63, 3.8) is 0 Å². The first-order chi connectivity index (χ1) is 11.7. The number of rotatable bonds is 10. The molecule has 0 bridgehead atoms. The number of methoxy groups -OCH3 is 2. The fourth-order valence-corrected chi connectivity index (χ4v) is 2.57. The van der Waals surface area contributed by atoms with Crippen molar-refractivity contribution in [1.29, 1.82) is 0 Å². The predicted molar refractivity (Wildman–Crippen MR) is 87.7 cm³/mol. The number of carbonyl (C=O) groups excluding carboxylic acids is 1. The maximum absolute atomic E-state index is 11.3. The van der Waals surface area contributed by atoms with Crippen LogP contribution in [0.5, 0.6) is 5.75 Å². The first-order valence-electron chi connectivity index (χ1n) is 7.83. The molecule has 1 aromatic rings. The molecule has 2 rings (SSSR count). The molecule has 1 unspecified atom stereocenters. The molecule has 0 amide bonds. The van der Waals surface area contributed by atoms with Crippen molar-refractivity contribution in [2.45, 2.75) is 37.4 Å². The number of hydrogen-bond donors (Lipinski definition) is 0. The molecule has 132 valence electrons. The van der Waals surface area contributed by atoms with E-state index in [4.69, 9.17) is 23.7 Å². The Bertz CT molecular complexity index is 515. The van der Waals surface area contributed by atoms with Crippen molar-refractivity contribution < 1.29 is 28.5 Å². The highest BCUT2D eigenvalue weighted by Crippen LogP contribution is 2.34. The van der Waals surface area contributed by atoms with E-state index in [9.17, 15) is 4.79 Å². The van der Waals surface area contributed by atoms with E-state index in [0.29, 0.717) is 12.8 Å². The van der Waals surface area contributed by atoms with Crippen LogP contribution in [0, 0.1) is 0 Å². The summed E-state index contributed by atoms with van der Waals surface area (Å²) >= 11 is 0. The third-order valence-electron chi connectivity index (χ3n) is 3.81. The summed E-state index contributed by atoms with van der Waals surface area (Å²) in [7, 11) is 3.17. The molecule has 0 aliphatic carbocycles. The maximum Gasteiger partial charge on any atom is 0.185 e. The Morgan fingerprint density at radius 3 is 2.58 bits per heavy atom. The zero-order valence-corrected chi connectivity index (χ0v) is 14.1. The van der Waals surface area contributed by atoms with E-state index in [1.54, 1.807) is 20.3 Å². The topological polar surface area (TPSA) is 63.2 Å². The minimum absolute atomic E-state index is 0.145. The highest BCUT2D eigenvalue weighted by atomic mass is 16.7. The molecule has 1 aromatic carbocycles. The predicted octanol–water partition coefficient (Wildman–Crippen LogP) is 2.63. The van der Waals surface area contributed by atoms with E-state index in [2.05, 4.69) is 6.58 Å². The quantitative estimate of drug-likeness (QED) is 0.372. The fourth-order valence-electron chi connectivity index (χ4n) is 2.57. The zero-order chi connectivity index (χ0) is 17.4. The number of aldehydes is 1. The van der Waals surface area contributed by atoms with Crippen molar-refractivity contribution in [1.82, 2.24) is 0 Å². The van der Waals surface area contributed by atoms with Crippen LogP contribution in [-0.2, 0) is 23.7 Å².